The zero-order valence-corrected chi connectivity index (χ0v) is 10.4. The van der Waals surface area contributed by atoms with Gasteiger partial charge in [-0.05, 0) is 23.6 Å². The number of fused-ring (bicyclic) bond motifs is 1. The molecule has 0 bridgehead atoms. The molecule has 0 spiro atoms. The van der Waals surface area contributed by atoms with Crippen molar-refractivity contribution in [3.8, 4) is 0 Å². The second-order valence-electron chi connectivity index (χ2n) is 4.00. The SMILES string of the molecule is Nc1cccc2c1CN(C/C(Cl)=C/Cl)CC2. The highest BCUT2D eigenvalue weighted by molar-refractivity contribution is 6.36. The van der Waals surface area contributed by atoms with E-state index in [2.05, 4.69) is 11.0 Å². The number of halogens is 2. The average Bonchev–Trinajstić information content (AvgIpc) is 2.30. The van der Waals surface area contributed by atoms with Crippen molar-refractivity contribution in [2.75, 3.05) is 18.8 Å². The van der Waals surface area contributed by atoms with Gasteiger partial charge in [0.1, 0.15) is 0 Å². The fourth-order valence-corrected chi connectivity index (χ4v) is 2.28. The van der Waals surface area contributed by atoms with E-state index in [1.54, 1.807) is 0 Å². The monoisotopic (exact) mass is 256 g/mol. The summed E-state index contributed by atoms with van der Waals surface area (Å²) in [5, 5.41) is 0.666. The van der Waals surface area contributed by atoms with E-state index in [1.807, 2.05) is 12.1 Å². The summed E-state index contributed by atoms with van der Waals surface area (Å²) in [5.74, 6) is 0. The third-order valence-corrected chi connectivity index (χ3v) is 3.49. The minimum Gasteiger partial charge on any atom is -0.398 e. The lowest BCUT2D eigenvalue weighted by molar-refractivity contribution is 0.280. The van der Waals surface area contributed by atoms with E-state index in [4.69, 9.17) is 28.9 Å². The van der Waals surface area contributed by atoms with Crippen LogP contribution in [0.3, 0.4) is 0 Å². The minimum absolute atomic E-state index is 0.666. The largest absolute Gasteiger partial charge is 0.398 e. The van der Waals surface area contributed by atoms with Gasteiger partial charge in [-0.3, -0.25) is 4.90 Å². The van der Waals surface area contributed by atoms with Gasteiger partial charge in [-0.15, -0.1) is 0 Å². The van der Waals surface area contributed by atoms with Crippen molar-refractivity contribution in [1.29, 1.82) is 0 Å². The Balaban J connectivity index is 2.14. The number of nitrogen functional groups attached to an aromatic ring is 1. The van der Waals surface area contributed by atoms with Crippen molar-refractivity contribution in [2.45, 2.75) is 13.0 Å². The molecule has 2 N–H and O–H groups in total. The molecule has 0 amide bonds. The zero-order chi connectivity index (χ0) is 11.5. The van der Waals surface area contributed by atoms with Crippen molar-refractivity contribution >= 4 is 28.9 Å². The van der Waals surface area contributed by atoms with E-state index in [0.29, 0.717) is 11.6 Å². The number of hydrogen-bond donors (Lipinski definition) is 1. The van der Waals surface area contributed by atoms with Crippen molar-refractivity contribution in [3.05, 3.63) is 39.9 Å². The van der Waals surface area contributed by atoms with Crippen LogP contribution >= 0.6 is 23.2 Å². The number of nitrogens with two attached hydrogens (primary N) is 1. The first kappa shape index (κ1) is 11.8. The lowest BCUT2D eigenvalue weighted by Gasteiger charge is -2.29. The molecule has 1 aromatic rings. The standard InChI is InChI=1S/C12H14Cl2N2/c13-6-10(14)7-16-5-4-9-2-1-3-12(15)11(9)8-16/h1-3,6H,4-5,7-8,15H2/b10-6-. The molecule has 1 aromatic carbocycles. The van der Waals surface area contributed by atoms with Gasteiger partial charge >= 0.3 is 0 Å². The average molecular weight is 257 g/mol. The summed E-state index contributed by atoms with van der Waals surface area (Å²) < 4.78 is 0. The molecule has 0 saturated heterocycles. The number of nitrogens with zero attached hydrogens (tertiary/aromatic N) is 1. The Labute approximate surface area is 106 Å². The Morgan fingerprint density at radius 1 is 1.50 bits per heavy atom. The molecule has 2 rings (SSSR count). The fraction of sp³-hybridized carbons (Fsp3) is 0.333. The van der Waals surface area contributed by atoms with Gasteiger partial charge in [0.25, 0.3) is 0 Å². The van der Waals surface area contributed by atoms with Gasteiger partial charge in [-0.25, -0.2) is 0 Å². The van der Waals surface area contributed by atoms with Gasteiger partial charge in [-0.1, -0.05) is 35.3 Å². The van der Waals surface area contributed by atoms with E-state index in [-0.39, 0.29) is 0 Å². The Hall–Kier alpha value is -0.700. The maximum Gasteiger partial charge on any atom is 0.0434 e. The molecule has 1 aliphatic rings. The van der Waals surface area contributed by atoms with Gasteiger partial charge in [0.2, 0.25) is 0 Å². The molecule has 0 radical (unpaired) electrons. The first-order valence-corrected chi connectivity index (χ1v) is 6.05. The van der Waals surface area contributed by atoms with Crippen LogP contribution in [0.2, 0.25) is 0 Å². The van der Waals surface area contributed by atoms with Crippen LogP contribution in [0.25, 0.3) is 0 Å². The van der Waals surface area contributed by atoms with Crippen LogP contribution in [-0.2, 0) is 13.0 Å². The van der Waals surface area contributed by atoms with E-state index < -0.39 is 0 Å². The normalized spacial score (nSPS) is 17.2. The number of rotatable bonds is 2. The molecule has 16 heavy (non-hydrogen) atoms. The van der Waals surface area contributed by atoms with Crippen LogP contribution in [0.15, 0.2) is 28.8 Å². The van der Waals surface area contributed by atoms with E-state index >= 15 is 0 Å². The lowest BCUT2D eigenvalue weighted by Crippen LogP contribution is -2.32. The second kappa shape index (κ2) is 5.09. The molecule has 2 nitrogen and oxygen atoms in total. The topological polar surface area (TPSA) is 29.3 Å². The van der Waals surface area contributed by atoms with Crippen molar-refractivity contribution < 1.29 is 0 Å². The molecule has 4 heteroatoms. The lowest BCUT2D eigenvalue weighted by atomic mass is 9.98. The van der Waals surface area contributed by atoms with Crippen molar-refractivity contribution in [2.24, 2.45) is 0 Å². The molecule has 0 atom stereocenters. The molecular weight excluding hydrogens is 243 g/mol. The van der Waals surface area contributed by atoms with E-state index in [0.717, 1.165) is 25.2 Å². The van der Waals surface area contributed by atoms with Gasteiger partial charge < -0.3 is 5.73 Å². The summed E-state index contributed by atoms with van der Waals surface area (Å²) in [6.45, 7) is 2.54. The number of benzene rings is 1. The van der Waals surface area contributed by atoms with Crippen LogP contribution in [0.5, 0.6) is 0 Å². The Morgan fingerprint density at radius 3 is 3.06 bits per heavy atom. The number of anilines is 1. The molecule has 1 heterocycles. The summed E-state index contributed by atoms with van der Waals surface area (Å²) in [4.78, 5) is 2.25. The van der Waals surface area contributed by atoms with Gasteiger partial charge in [-0.2, -0.15) is 0 Å². The summed E-state index contributed by atoms with van der Waals surface area (Å²) in [6, 6.07) is 6.10. The second-order valence-corrected chi connectivity index (χ2v) is 4.71. The molecular formula is C12H14Cl2N2. The highest BCUT2D eigenvalue weighted by atomic mass is 35.5. The third-order valence-electron chi connectivity index (χ3n) is 2.88. The summed E-state index contributed by atoms with van der Waals surface area (Å²) in [6.07, 6.45) is 1.02. The van der Waals surface area contributed by atoms with Crippen LogP contribution < -0.4 is 5.73 Å². The summed E-state index contributed by atoms with van der Waals surface area (Å²) >= 11 is 11.5. The molecule has 0 aromatic heterocycles. The smallest absolute Gasteiger partial charge is 0.0434 e. The molecule has 0 aliphatic carbocycles. The number of hydrogen-bond acceptors (Lipinski definition) is 2. The van der Waals surface area contributed by atoms with Crippen LogP contribution in [0, 0.1) is 0 Å². The highest BCUT2D eigenvalue weighted by Crippen LogP contribution is 2.25. The molecule has 1 aliphatic heterocycles. The van der Waals surface area contributed by atoms with Gasteiger partial charge in [0, 0.05) is 35.9 Å². The molecule has 0 saturated carbocycles. The molecule has 0 unspecified atom stereocenters. The predicted octanol–water partition coefficient (Wildman–Crippen LogP) is 2.95. The first-order chi connectivity index (χ1) is 7.70. The summed E-state index contributed by atoms with van der Waals surface area (Å²) in [5.41, 5.74) is 10.8. The fourth-order valence-electron chi connectivity index (χ4n) is 2.05. The van der Waals surface area contributed by atoms with Gasteiger partial charge in [0.15, 0.2) is 0 Å². The Bertz CT molecular complexity index is 415. The van der Waals surface area contributed by atoms with Crippen molar-refractivity contribution in [3.63, 3.8) is 0 Å². The Kier molecular flexibility index (Phi) is 3.74. The van der Waals surface area contributed by atoms with E-state index in [9.17, 15) is 0 Å². The van der Waals surface area contributed by atoms with Gasteiger partial charge in [0.05, 0.1) is 0 Å². The van der Waals surface area contributed by atoms with Crippen LogP contribution in [-0.4, -0.2) is 18.0 Å². The predicted molar refractivity (Wildman–Crippen MR) is 69.6 cm³/mol. The maximum absolute atomic E-state index is 5.97. The Morgan fingerprint density at radius 2 is 2.31 bits per heavy atom. The highest BCUT2D eigenvalue weighted by Gasteiger charge is 2.18. The molecule has 0 fully saturated rings. The van der Waals surface area contributed by atoms with Crippen LogP contribution in [0.1, 0.15) is 11.1 Å². The first-order valence-electron chi connectivity index (χ1n) is 5.24. The quantitative estimate of drug-likeness (QED) is 0.825. The molecule has 86 valence electrons. The maximum atomic E-state index is 5.97. The minimum atomic E-state index is 0.666. The van der Waals surface area contributed by atoms with Crippen LogP contribution in [0.4, 0.5) is 5.69 Å². The third kappa shape index (κ3) is 2.51. The summed E-state index contributed by atoms with van der Waals surface area (Å²) in [7, 11) is 0. The van der Waals surface area contributed by atoms with Crippen molar-refractivity contribution in [1.82, 2.24) is 4.90 Å². The zero-order valence-electron chi connectivity index (χ0n) is 8.92. The van der Waals surface area contributed by atoms with E-state index in [1.165, 1.54) is 16.7 Å².